The fourth-order valence-corrected chi connectivity index (χ4v) is 1.60. The number of nitrogens with one attached hydrogen (secondary N) is 1. The van der Waals surface area contributed by atoms with Gasteiger partial charge in [0.25, 0.3) is 0 Å². The second-order valence-corrected chi connectivity index (χ2v) is 4.37. The highest BCUT2D eigenvalue weighted by Gasteiger charge is 2.17. The normalized spacial score (nSPS) is 15.6. The first-order chi connectivity index (χ1) is 6.14. The lowest BCUT2D eigenvalue weighted by atomic mass is 10.1. The van der Waals surface area contributed by atoms with Gasteiger partial charge in [0, 0.05) is 18.0 Å². The number of rotatable bonds is 5. The van der Waals surface area contributed by atoms with E-state index in [1.54, 1.807) is 18.3 Å². The Labute approximate surface area is 82.0 Å². The van der Waals surface area contributed by atoms with Crippen LogP contribution in [0.5, 0.6) is 0 Å². The van der Waals surface area contributed by atoms with Crippen LogP contribution >= 0.6 is 11.3 Å². The third kappa shape index (κ3) is 3.87. The Bertz CT molecular complexity index is 234. The molecule has 1 unspecified atom stereocenters. The Kier molecular flexibility index (Phi) is 3.87. The van der Waals surface area contributed by atoms with E-state index in [-0.39, 0.29) is 6.61 Å². The maximum atomic E-state index is 9.44. The maximum Gasteiger partial charge on any atom is 0.0972 e. The third-order valence-electron chi connectivity index (χ3n) is 1.73. The molecule has 0 saturated heterocycles. The highest BCUT2D eigenvalue weighted by atomic mass is 32.1. The largest absolute Gasteiger partial charge is 0.393 e. The van der Waals surface area contributed by atoms with E-state index >= 15 is 0 Å². The molecule has 0 saturated carbocycles. The topological polar surface area (TPSA) is 52.5 Å². The van der Waals surface area contributed by atoms with E-state index in [2.05, 4.69) is 5.32 Å². The monoisotopic (exact) mass is 201 g/mol. The Morgan fingerprint density at radius 3 is 2.92 bits per heavy atom. The molecule has 4 heteroatoms. The van der Waals surface area contributed by atoms with Gasteiger partial charge >= 0.3 is 0 Å². The first-order valence-corrected chi connectivity index (χ1v) is 5.08. The maximum absolute atomic E-state index is 9.44. The summed E-state index contributed by atoms with van der Waals surface area (Å²) in [6.07, 6.45) is 0. The molecule has 13 heavy (non-hydrogen) atoms. The van der Waals surface area contributed by atoms with Crippen LogP contribution in [0.4, 0.5) is 0 Å². The van der Waals surface area contributed by atoms with Crippen molar-refractivity contribution in [2.24, 2.45) is 0 Å². The van der Waals surface area contributed by atoms with Crippen LogP contribution in [0.2, 0.25) is 0 Å². The summed E-state index contributed by atoms with van der Waals surface area (Å²) < 4.78 is 0. The minimum atomic E-state index is -1.02. The van der Waals surface area contributed by atoms with Gasteiger partial charge in [-0.05, 0) is 18.4 Å². The molecule has 0 amide bonds. The Morgan fingerprint density at radius 2 is 2.38 bits per heavy atom. The van der Waals surface area contributed by atoms with Crippen LogP contribution in [-0.2, 0) is 6.54 Å². The van der Waals surface area contributed by atoms with Gasteiger partial charge in [-0.15, -0.1) is 11.3 Å². The second kappa shape index (κ2) is 4.72. The van der Waals surface area contributed by atoms with E-state index in [1.807, 2.05) is 17.5 Å². The van der Waals surface area contributed by atoms with Gasteiger partial charge < -0.3 is 15.5 Å². The Balaban J connectivity index is 2.21. The molecule has 0 radical (unpaired) electrons. The molecule has 0 fully saturated rings. The van der Waals surface area contributed by atoms with Crippen molar-refractivity contribution in [2.45, 2.75) is 19.1 Å². The molecule has 0 aromatic carbocycles. The first kappa shape index (κ1) is 10.7. The molecular formula is C9H15NO2S. The Hall–Kier alpha value is -0.420. The first-order valence-electron chi connectivity index (χ1n) is 4.20. The lowest BCUT2D eigenvalue weighted by Crippen LogP contribution is -2.40. The fourth-order valence-electron chi connectivity index (χ4n) is 0.924. The lowest BCUT2D eigenvalue weighted by Gasteiger charge is -2.20. The zero-order chi connectivity index (χ0) is 9.73. The molecule has 0 spiro atoms. The molecule has 0 aliphatic carbocycles. The standard InChI is InChI=1S/C9H15NO2S/c1-9(12,7-11)6-10-5-8-3-2-4-13-8/h2-4,10-12H,5-7H2,1H3. The molecule has 1 aromatic heterocycles. The minimum absolute atomic E-state index is 0.218. The van der Waals surface area contributed by atoms with Gasteiger partial charge in [0.1, 0.15) is 0 Å². The van der Waals surface area contributed by atoms with Crippen molar-refractivity contribution in [3.05, 3.63) is 22.4 Å². The molecule has 1 rings (SSSR count). The van der Waals surface area contributed by atoms with Crippen LogP contribution in [0.15, 0.2) is 17.5 Å². The summed E-state index contributed by atoms with van der Waals surface area (Å²) in [5.74, 6) is 0. The number of aliphatic hydroxyl groups excluding tert-OH is 1. The van der Waals surface area contributed by atoms with Gasteiger partial charge in [0.05, 0.1) is 12.2 Å². The van der Waals surface area contributed by atoms with Crippen molar-refractivity contribution in [1.82, 2.24) is 5.32 Å². The van der Waals surface area contributed by atoms with Crippen molar-refractivity contribution in [3.63, 3.8) is 0 Å². The molecule has 1 aromatic rings. The van der Waals surface area contributed by atoms with E-state index in [9.17, 15) is 5.11 Å². The van der Waals surface area contributed by atoms with Crippen LogP contribution in [0, 0.1) is 0 Å². The van der Waals surface area contributed by atoms with Gasteiger partial charge in [0.2, 0.25) is 0 Å². The predicted molar refractivity (Wildman–Crippen MR) is 53.7 cm³/mol. The van der Waals surface area contributed by atoms with Crippen LogP contribution in [0.1, 0.15) is 11.8 Å². The molecule has 1 atom stereocenters. The van der Waals surface area contributed by atoms with Gasteiger partial charge in [-0.2, -0.15) is 0 Å². The molecule has 3 N–H and O–H groups in total. The second-order valence-electron chi connectivity index (χ2n) is 3.34. The number of hydrogen-bond donors (Lipinski definition) is 3. The fraction of sp³-hybridized carbons (Fsp3) is 0.556. The minimum Gasteiger partial charge on any atom is -0.393 e. The van der Waals surface area contributed by atoms with Crippen LogP contribution < -0.4 is 5.32 Å². The molecule has 0 aliphatic heterocycles. The summed E-state index contributed by atoms with van der Waals surface area (Å²) in [7, 11) is 0. The van der Waals surface area contributed by atoms with Gasteiger partial charge in [-0.25, -0.2) is 0 Å². The number of aliphatic hydroxyl groups is 2. The summed E-state index contributed by atoms with van der Waals surface area (Å²) in [5, 5.41) is 23.3. The average molecular weight is 201 g/mol. The summed E-state index contributed by atoms with van der Waals surface area (Å²) in [5.41, 5.74) is -1.02. The van der Waals surface area contributed by atoms with E-state index in [1.165, 1.54) is 4.88 Å². The van der Waals surface area contributed by atoms with Crippen LogP contribution in [0.3, 0.4) is 0 Å². The smallest absolute Gasteiger partial charge is 0.0972 e. The van der Waals surface area contributed by atoms with E-state index in [0.717, 1.165) is 6.54 Å². The van der Waals surface area contributed by atoms with Gasteiger partial charge in [-0.3, -0.25) is 0 Å². The van der Waals surface area contributed by atoms with E-state index in [0.29, 0.717) is 6.54 Å². The zero-order valence-corrected chi connectivity index (χ0v) is 8.47. The SMILES string of the molecule is CC(O)(CO)CNCc1cccs1. The molecule has 74 valence electrons. The molecule has 0 bridgehead atoms. The van der Waals surface area contributed by atoms with Crippen LogP contribution in [-0.4, -0.2) is 29.0 Å². The van der Waals surface area contributed by atoms with Crippen LogP contribution in [0.25, 0.3) is 0 Å². The van der Waals surface area contributed by atoms with Crippen molar-refractivity contribution in [3.8, 4) is 0 Å². The van der Waals surface area contributed by atoms with Gasteiger partial charge in [-0.1, -0.05) is 6.07 Å². The molecule has 3 nitrogen and oxygen atoms in total. The quantitative estimate of drug-likeness (QED) is 0.653. The van der Waals surface area contributed by atoms with Gasteiger partial charge in [0.15, 0.2) is 0 Å². The highest BCUT2D eigenvalue weighted by molar-refractivity contribution is 7.09. The lowest BCUT2D eigenvalue weighted by molar-refractivity contribution is 0.00258. The van der Waals surface area contributed by atoms with E-state index in [4.69, 9.17) is 5.11 Å². The molecule has 1 heterocycles. The summed E-state index contributed by atoms with van der Waals surface area (Å²) in [6, 6.07) is 4.02. The third-order valence-corrected chi connectivity index (χ3v) is 2.60. The van der Waals surface area contributed by atoms with E-state index < -0.39 is 5.60 Å². The molecular weight excluding hydrogens is 186 g/mol. The van der Waals surface area contributed by atoms with Crippen molar-refractivity contribution < 1.29 is 10.2 Å². The summed E-state index contributed by atoms with van der Waals surface area (Å²) in [4.78, 5) is 1.23. The average Bonchev–Trinajstić information content (AvgIpc) is 2.57. The van der Waals surface area contributed by atoms with Crippen molar-refractivity contribution >= 4 is 11.3 Å². The Morgan fingerprint density at radius 1 is 1.62 bits per heavy atom. The summed E-state index contributed by atoms with van der Waals surface area (Å²) in [6.45, 7) is 2.54. The zero-order valence-electron chi connectivity index (χ0n) is 7.66. The highest BCUT2D eigenvalue weighted by Crippen LogP contribution is 2.08. The summed E-state index contributed by atoms with van der Waals surface area (Å²) >= 11 is 1.67. The van der Waals surface area contributed by atoms with Crippen molar-refractivity contribution in [2.75, 3.05) is 13.2 Å². The number of thiophene rings is 1. The van der Waals surface area contributed by atoms with Crippen molar-refractivity contribution in [1.29, 1.82) is 0 Å². The number of hydrogen-bond acceptors (Lipinski definition) is 4. The molecule has 0 aliphatic rings. The predicted octanol–water partition coefficient (Wildman–Crippen LogP) is 0.581.